The number of ether oxygens (including phenoxy) is 1. The van der Waals surface area contributed by atoms with E-state index in [0.717, 1.165) is 11.3 Å². The van der Waals surface area contributed by atoms with Gasteiger partial charge in [0.2, 0.25) is 5.91 Å². The number of hydrogen-bond acceptors (Lipinski definition) is 7. The number of amides is 2. The number of anilines is 3. The molecule has 8 nitrogen and oxygen atoms in total. The van der Waals surface area contributed by atoms with Crippen LogP contribution in [0.5, 0.6) is 5.75 Å². The molecule has 0 aliphatic rings. The molecular weight excluding hydrogens is 344 g/mol. The third-order valence-electron chi connectivity index (χ3n) is 2.98. The minimum atomic E-state index is -0.579. The van der Waals surface area contributed by atoms with Crippen molar-refractivity contribution in [3.05, 3.63) is 30.0 Å². The zero-order valence-corrected chi connectivity index (χ0v) is 14.6. The van der Waals surface area contributed by atoms with E-state index in [1.807, 2.05) is 6.92 Å². The second-order valence-electron chi connectivity index (χ2n) is 5.12. The predicted octanol–water partition coefficient (Wildman–Crippen LogP) is 2.64. The van der Waals surface area contributed by atoms with Crippen LogP contribution < -0.4 is 21.1 Å². The topological polar surface area (TPSA) is 123 Å². The van der Waals surface area contributed by atoms with Crippen LogP contribution in [0.3, 0.4) is 0 Å². The number of benzene rings is 1. The van der Waals surface area contributed by atoms with Gasteiger partial charge in [0.05, 0.1) is 11.8 Å². The normalized spacial score (nSPS) is 10.2. The second kappa shape index (κ2) is 8.25. The van der Waals surface area contributed by atoms with Crippen LogP contribution in [0.25, 0.3) is 0 Å². The van der Waals surface area contributed by atoms with Crippen LogP contribution in [-0.2, 0) is 9.59 Å². The molecule has 2 rings (SSSR count). The van der Waals surface area contributed by atoms with Crippen molar-refractivity contribution in [2.75, 3.05) is 16.4 Å². The first-order valence-corrected chi connectivity index (χ1v) is 8.35. The summed E-state index contributed by atoms with van der Waals surface area (Å²) in [6, 6.07) is 4.46. The Morgan fingerprint density at radius 2 is 2.04 bits per heavy atom. The molecule has 0 aliphatic heterocycles. The number of carbonyl (C=O) groups is 3. The van der Waals surface area contributed by atoms with Crippen molar-refractivity contribution in [3.63, 3.8) is 0 Å². The van der Waals surface area contributed by atoms with E-state index < -0.39 is 11.9 Å². The van der Waals surface area contributed by atoms with E-state index >= 15 is 0 Å². The molecule has 0 saturated carbocycles. The van der Waals surface area contributed by atoms with Crippen LogP contribution in [0, 0.1) is 0 Å². The zero-order chi connectivity index (χ0) is 18.4. The van der Waals surface area contributed by atoms with Crippen molar-refractivity contribution in [3.8, 4) is 5.75 Å². The third-order valence-corrected chi connectivity index (χ3v) is 3.73. The van der Waals surface area contributed by atoms with Crippen molar-refractivity contribution >= 4 is 44.9 Å². The molecule has 0 atom stereocenters. The van der Waals surface area contributed by atoms with E-state index in [4.69, 9.17) is 10.5 Å². The van der Waals surface area contributed by atoms with E-state index in [9.17, 15) is 14.4 Å². The van der Waals surface area contributed by atoms with Gasteiger partial charge in [-0.2, -0.15) is 0 Å². The zero-order valence-electron chi connectivity index (χ0n) is 13.8. The molecule has 0 spiro atoms. The number of carbonyl (C=O) groups excluding carboxylic acids is 3. The Kier molecular flexibility index (Phi) is 6.07. The summed E-state index contributed by atoms with van der Waals surface area (Å²) in [5.41, 5.74) is 6.15. The highest BCUT2D eigenvalue weighted by atomic mass is 32.1. The summed E-state index contributed by atoms with van der Waals surface area (Å²) < 4.78 is 5.10. The average molecular weight is 362 g/mol. The Labute approximate surface area is 148 Å². The summed E-state index contributed by atoms with van der Waals surface area (Å²) in [5, 5.41) is 6.06. The van der Waals surface area contributed by atoms with Gasteiger partial charge in [-0.1, -0.05) is 18.3 Å². The van der Waals surface area contributed by atoms with Crippen molar-refractivity contribution < 1.29 is 19.1 Å². The lowest BCUT2D eigenvalue weighted by atomic mass is 10.1. The van der Waals surface area contributed by atoms with Gasteiger partial charge in [-0.25, -0.2) is 4.98 Å². The fourth-order valence-corrected chi connectivity index (χ4v) is 2.56. The lowest BCUT2D eigenvalue weighted by Gasteiger charge is -2.11. The fraction of sp³-hybridized carbons (Fsp3) is 0.250. The van der Waals surface area contributed by atoms with Crippen LogP contribution in [0.1, 0.15) is 37.0 Å². The highest BCUT2D eigenvalue weighted by molar-refractivity contribution is 7.19. The van der Waals surface area contributed by atoms with E-state index in [1.165, 1.54) is 25.3 Å². The summed E-state index contributed by atoms with van der Waals surface area (Å²) in [7, 11) is 0. The van der Waals surface area contributed by atoms with Crippen molar-refractivity contribution in [2.45, 2.75) is 26.7 Å². The number of nitrogens with zero attached hydrogens (tertiary/aromatic N) is 1. The standard InChI is InChI=1S/C16H18N4O4S/c1-3-4-14(22)19-10-5-6-11(12(7-10)24-9(2)21)15(23)20-16-18-8-13(17)25-16/h5-8H,3-4,17H2,1-2H3,(H,19,22)(H,18,20,23). The van der Waals surface area contributed by atoms with Gasteiger partial charge in [0.15, 0.2) is 5.13 Å². The maximum Gasteiger partial charge on any atom is 0.308 e. The molecule has 1 aromatic carbocycles. The van der Waals surface area contributed by atoms with E-state index in [0.29, 0.717) is 28.7 Å². The SMILES string of the molecule is CCCC(=O)Nc1ccc(C(=O)Nc2ncc(N)s2)c(OC(C)=O)c1. The van der Waals surface area contributed by atoms with Gasteiger partial charge in [0, 0.05) is 25.1 Å². The monoisotopic (exact) mass is 362 g/mol. The Bertz CT molecular complexity index is 803. The van der Waals surface area contributed by atoms with Crippen LogP contribution >= 0.6 is 11.3 Å². The Hall–Kier alpha value is -2.94. The fourth-order valence-electron chi connectivity index (χ4n) is 1.99. The molecule has 25 heavy (non-hydrogen) atoms. The third kappa shape index (κ3) is 5.28. The van der Waals surface area contributed by atoms with Crippen LogP contribution in [0.4, 0.5) is 15.8 Å². The minimum Gasteiger partial charge on any atom is -0.426 e. The highest BCUT2D eigenvalue weighted by Gasteiger charge is 2.17. The Morgan fingerprint density at radius 1 is 1.28 bits per heavy atom. The summed E-state index contributed by atoms with van der Waals surface area (Å²) in [4.78, 5) is 39.4. The number of nitrogen functional groups attached to an aromatic ring is 1. The number of esters is 1. The van der Waals surface area contributed by atoms with Gasteiger partial charge >= 0.3 is 5.97 Å². The van der Waals surface area contributed by atoms with Crippen molar-refractivity contribution in [2.24, 2.45) is 0 Å². The first-order chi connectivity index (χ1) is 11.9. The molecule has 0 aliphatic carbocycles. The number of rotatable bonds is 6. The Morgan fingerprint density at radius 3 is 2.64 bits per heavy atom. The predicted molar refractivity (Wildman–Crippen MR) is 95.8 cm³/mol. The summed E-state index contributed by atoms with van der Waals surface area (Å²) in [6.45, 7) is 3.12. The number of nitrogens with one attached hydrogen (secondary N) is 2. The Balaban J connectivity index is 2.24. The van der Waals surface area contributed by atoms with Gasteiger partial charge in [-0.15, -0.1) is 0 Å². The smallest absolute Gasteiger partial charge is 0.308 e. The molecule has 132 valence electrons. The van der Waals surface area contributed by atoms with Gasteiger partial charge in [0.25, 0.3) is 5.91 Å². The van der Waals surface area contributed by atoms with Crippen molar-refractivity contribution in [1.82, 2.24) is 4.98 Å². The molecule has 0 saturated heterocycles. The maximum atomic E-state index is 12.4. The van der Waals surface area contributed by atoms with Gasteiger partial charge in [-0.3, -0.25) is 19.7 Å². The molecule has 0 fully saturated rings. The highest BCUT2D eigenvalue weighted by Crippen LogP contribution is 2.26. The number of nitrogens with two attached hydrogens (primary N) is 1. The summed E-state index contributed by atoms with van der Waals surface area (Å²) in [5.74, 6) is -1.20. The van der Waals surface area contributed by atoms with Gasteiger partial charge < -0.3 is 15.8 Å². The second-order valence-corrected chi connectivity index (χ2v) is 6.19. The lowest BCUT2D eigenvalue weighted by molar-refractivity contribution is -0.131. The first kappa shape index (κ1) is 18.4. The van der Waals surface area contributed by atoms with E-state index in [2.05, 4.69) is 15.6 Å². The van der Waals surface area contributed by atoms with Crippen LogP contribution in [-0.4, -0.2) is 22.8 Å². The minimum absolute atomic E-state index is 0.0452. The first-order valence-electron chi connectivity index (χ1n) is 7.54. The quantitative estimate of drug-likeness (QED) is 0.536. The molecule has 0 unspecified atom stereocenters. The molecular formula is C16H18N4O4S. The number of hydrogen-bond donors (Lipinski definition) is 3. The number of aromatic nitrogens is 1. The van der Waals surface area contributed by atoms with E-state index in [1.54, 1.807) is 6.07 Å². The maximum absolute atomic E-state index is 12.4. The lowest BCUT2D eigenvalue weighted by Crippen LogP contribution is -2.16. The van der Waals surface area contributed by atoms with E-state index in [-0.39, 0.29) is 17.2 Å². The summed E-state index contributed by atoms with van der Waals surface area (Å²) >= 11 is 1.12. The van der Waals surface area contributed by atoms with Crippen LogP contribution in [0.15, 0.2) is 24.4 Å². The molecule has 2 amide bonds. The molecule has 9 heteroatoms. The summed E-state index contributed by atoms with van der Waals surface area (Å²) in [6.07, 6.45) is 2.51. The average Bonchev–Trinajstić information content (AvgIpc) is 2.92. The molecule has 2 aromatic rings. The molecule has 4 N–H and O–H groups in total. The van der Waals surface area contributed by atoms with Gasteiger partial charge in [-0.05, 0) is 18.6 Å². The largest absolute Gasteiger partial charge is 0.426 e. The molecule has 1 aromatic heterocycles. The molecule has 0 radical (unpaired) electrons. The van der Waals surface area contributed by atoms with Gasteiger partial charge in [0.1, 0.15) is 10.8 Å². The molecule has 0 bridgehead atoms. The molecule has 1 heterocycles. The van der Waals surface area contributed by atoms with Crippen molar-refractivity contribution in [1.29, 1.82) is 0 Å². The van der Waals surface area contributed by atoms with Crippen LogP contribution in [0.2, 0.25) is 0 Å². The number of thiazole rings is 1.